The van der Waals surface area contributed by atoms with Crippen molar-refractivity contribution in [3.63, 3.8) is 0 Å². The molecule has 1 aromatic carbocycles. The average molecular weight is 376 g/mol. The summed E-state index contributed by atoms with van der Waals surface area (Å²) in [4.78, 5) is 16.1. The first kappa shape index (κ1) is 17.9. The van der Waals surface area contributed by atoms with Gasteiger partial charge in [0.2, 0.25) is 0 Å². The monoisotopic (exact) mass is 375 g/mol. The van der Waals surface area contributed by atoms with Crippen LogP contribution < -0.4 is 10.2 Å². The van der Waals surface area contributed by atoms with Gasteiger partial charge in [-0.3, -0.25) is 10.1 Å². The number of halogens is 2. The highest BCUT2D eigenvalue weighted by atomic mass is 35.5. The van der Waals surface area contributed by atoms with E-state index in [1.165, 1.54) is 12.1 Å². The van der Waals surface area contributed by atoms with Crippen LogP contribution in [0.4, 0.5) is 21.6 Å². The number of hydrogen-bond donors (Lipinski definition) is 1. The van der Waals surface area contributed by atoms with E-state index in [0.29, 0.717) is 24.6 Å². The molecule has 1 saturated heterocycles. The van der Waals surface area contributed by atoms with Gasteiger partial charge >= 0.3 is 0 Å². The van der Waals surface area contributed by atoms with E-state index in [4.69, 9.17) is 16.9 Å². The molecule has 0 amide bonds. The summed E-state index contributed by atoms with van der Waals surface area (Å²) < 4.78 is 14.2. The van der Waals surface area contributed by atoms with Crippen LogP contribution in [0.15, 0.2) is 30.5 Å². The van der Waals surface area contributed by atoms with Crippen LogP contribution in [0.3, 0.4) is 0 Å². The Kier molecular flexibility index (Phi) is 5.19. The Labute approximate surface area is 154 Å². The van der Waals surface area contributed by atoms with E-state index in [-0.39, 0.29) is 22.3 Å². The summed E-state index contributed by atoms with van der Waals surface area (Å²) >= 11 is 6.07. The van der Waals surface area contributed by atoms with E-state index in [9.17, 15) is 14.5 Å². The minimum absolute atomic E-state index is 0.0368. The molecule has 1 fully saturated rings. The third-order valence-electron chi connectivity index (χ3n) is 4.22. The Hall–Kier alpha value is -2.92. The van der Waals surface area contributed by atoms with E-state index < -0.39 is 10.7 Å². The summed E-state index contributed by atoms with van der Waals surface area (Å²) in [6.07, 6.45) is 2.82. The lowest BCUT2D eigenvalue weighted by Crippen LogP contribution is -2.42. The summed E-state index contributed by atoms with van der Waals surface area (Å²) in [5, 5.41) is 22.9. The third kappa shape index (κ3) is 3.83. The zero-order valence-electron chi connectivity index (χ0n) is 13.7. The lowest BCUT2D eigenvalue weighted by molar-refractivity contribution is -0.385. The lowest BCUT2D eigenvalue weighted by Gasteiger charge is -2.35. The minimum Gasteiger partial charge on any atom is -0.367 e. The predicted molar refractivity (Wildman–Crippen MR) is 95.9 cm³/mol. The second kappa shape index (κ2) is 7.54. The largest absolute Gasteiger partial charge is 0.367 e. The topological polar surface area (TPSA) is 95.1 Å². The van der Waals surface area contributed by atoms with Crippen LogP contribution in [0.5, 0.6) is 0 Å². The number of hydrogen-bond acceptors (Lipinski definition) is 6. The number of pyridine rings is 1. The van der Waals surface area contributed by atoms with Crippen LogP contribution in [-0.4, -0.2) is 29.0 Å². The maximum absolute atomic E-state index is 14.2. The van der Waals surface area contributed by atoms with Gasteiger partial charge in [0, 0.05) is 25.2 Å². The highest BCUT2D eigenvalue weighted by Crippen LogP contribution is 2.28. The van der Waals surface area contributed by atoms with Crippen molar-refractivity contribution in [3.8, 4) is 6.07 Å². The van der Waals surface area contributed by atoms with Gasteiger partial charge in [0.15, 0.2) is 0 Å². The Morgan fingerprint density at radius 3 is 2.92 bits per heavy atom. The number of nitro groups is 1. The quantitative estimate of drug-likeness (QED) is 0.646. The Morgan fingerprint density at radius 2 is 2.27 bits per heavy atom. The molecule has 1 aromatic heterocycles. The molecule has 1 N–H and O–H groups in total. The number of anilines is 2. The van der Waals surface area contributed by atoms with Crippen molar-refractivity contribution in [3.05, 3.63) is 57.0 Å². The molecule has 0 spiro atoms. The third-order valence-corrected chi connectivity index (χ3v) is 4.51. The number of piperidine rings is 1. The van der Waals surface area contributed by atoms with Gasteiger partial charge in [0.1, 0.15) is 17.8 Å². The molecule has 0 aliphatic carbocycles. The first-order valence-corrected chi connectivity index (χ1v) is 8.37. The highest BCUT2D eigenvalue weighted by molar-refractivity contribution is 6.33. The zero-order chi connectivity index (χ0) is 18.7. The number of rotatable bonds is 4. The van der Waals surface area contributed by atoms with Crippen LogP contribution in [-0.2, 0) is 0 Å². The zero-order valence-corrected chi connectivity index (χ0v) is 14.4. The van der Waals surface area contributed by atoms with E-state index in [0.717, 1.165) is 19.0 Å². The van der Waals surface area contributed by atoms with Crippen LogP contribution in [0.2, 0.25) is 5.02 Å². The molecular formula is C17H15ClFN5O2. The van der Waals surface area contributed by atoms with Gasteiger partial charge in [-0.1, -0.05) is 11.6 Å². The van der Waals surface area contributed by atoms with Gasteiger partial charge < -0.3 is 10.2 Å². The second-order valence-electron chi connectivity index (χ2n) is 5.99. The maximum atomic E-state index is 14.2. The van der Waals surface area contributed by atoms with Crippen molar-refractivity contribution in [2.24, 2.45) is 0 Å². The summed E-state index contributed by atoms with van der Waals surface area (Å²) in [6, 6.07) is 7.54. The summed E-state index contributed by atoms with van der Waals surface area (Å²) in [6.45, 7) is 1.22. The number of aromatic nitrogens is 1. The molecule has 1 unspecified atom stereocenters. The first-order valence-electron chi connectivity index (χ1n) is 7.99. The number of benzene rings is 1. The molecule has 7 nitrogen and oxygen atoms in total. The molecule has 1 aliphatic rings. The van der Waals surface area contributed by atoms with Gasteiger partial charge in [-0.25, -0.2) is 9.37 Å². The number of nitriles is 1. The summed E-state index contributed by atoms with van der Waals surface area (Å²) in [5.74, 6) is -0.0689. The number of nitrogens with one attached hydrogen (secondary N) is 1. The fraction of sp³-hybridized carbons (Fsp3) is 0.294. The fourth-order valence-corrected chi connectivity index (χ4v) is 3.19. The molecule has 134 valence electrons. The Bertz CT molecular complexity index is 886. The fourth-order valence-electron chi connectivity index (χ4n) is 2.97. The molecular weight excluding hydrogens is 361 g/mol. The Morgan fingerprint density at radius 1 is 1.46 bits per heavy atom. The van der Waals surface area contributed by atoms with Gasteiger partial charge in [-0.15, -0.1) is 0 Å². The molecule has 2 heterocycles. The van der Waals surface area contributed by atoms with Gasteiger partial charge in [0.25, 0.3) is 5.69 Å². The molecule has 1 aliphatic heterocycles. The van der Waals surface area contributed by atoms with E-state index in [2.05, 4.69) is 10.3 Å². The van der Waals surface area contributed by atoms with E-state index in [1.807, 2.05) is 11.0 Å². The molecule has 0 radical (unpaired) electrons. The van der Waals surface area contributed by atoms with E-state index in [1.54, 1.807) is 12.1 Å². The van der Waals surface area contributed by atoms with Crippen LogP contribution in [0.25, 0.3) is 0 Å². The summed E-state index contributed by atoms with van der Waals surface area (Å²) in [7, 11) is 0. The second-order valence-corrected chi connectivity index (χ2v) is 6.40. The standard InChI is InChI=1S/C17H15ClFN5O2/c18-14-7-13(24(25)26)9-21-17(14)22-12-2-1-5-23(10-12)16-4-3-11(8-20)6-15(16)19/h3-4,6-7,9,12H,1-2,5,10H2,(H,21,22). The molecule has 9 heteroatoms. The highest BCUT2D eigenvalue weighted by Gasteiger charge is 2.23. The molecule has 26 heavy (non-hydrogen) atoms. The molecule has 1 atom stereocenters. The van der Waals surface area contributed by atoms with Crippen molar-refractivity contribution in [1.29, 1.82) is 5.26 Å². The van der Waals surface area contributed by atoms with Crippen molar-refractivity contribution in [2.75, 3.05) is 23.3 Å². The van der Waals surface area contributed by atoms with Crippen LogP contribution in [0, 0.1) is 27.3 Å². The van der Waals surface area contributed by atoms with Gasteiger partial charge in [-0.2, -0.15) is 5.26 Å². The molecule has 0 saturated carbocycles. The minimum atomic E-state index is -0.557. The molecule has 0 bridgehead atoms. The SMILES string of the molecule is N#Cc1ccc(N2CCCC(Nc3ncc([N+](=O)[O-])cc3Cl)C2)c(F)c1. The molecule has 3 rings (SSSR count). The predicted octanol–water partition coefficient (Wildman–Crippen LogP) is 3.73. The summed E-state index contributed by atoms with van der Waals surface area (Å²) in [5.41, 5.74) is 0.545. The van der Waals surface area contributed by atoms with Gasteiger partial charge in [-0.05, 0) is 31.0 Å². The van der Waals surface area contributed by atoms with Crippen molar-refractivity contribution >= 4 is 28.8 Å². The normalized spacial score (nSPS) is 16.8. The van der Waals surface area contributed by atoms with Crippen LogP contribution >= 0.6 is 11.6 Å². The average Bonchev–Trinajstić information content (AvgIpc) is 2.63. The van der Waals surface area contributed by atoms with Gasteiger partial charge in [0.05, 0.1) is 27.3 Å². The Balaban J connectivity index is 1.73. The number of nitrogens with zero attached hydrogens (tertiary/aromatic N) is 4. The van der Waals surface area contributed by atoms with Crippen molar-refractivity contribution < 1.29 is 9.31 Å². The van der Waals surface area contributed by atoms with Crippen LogP contribution in [0.1, 0.15) is 18.4 Å². The molecule has 2 aromatic rings. The van der Waals surface area contributed by atoms with E-state index >= 15 is 0 Å². The lowest BCUT2D eigenvalue weighted by atomic mass is 10.0. The smallest absolute Gasteiger partial charge is 0.289 e. The first-order chi connectivity index (χ1) is 12.5. The van der Waals surface area contributed by atoms with Crippen molar-refractivity contribution in [1.82, 2.24) is 4.98 Å². The maximum Gasteiger partial charge on any atom is 0.289 e. The van der Waals surface area contributed by atoms with Crippen molar-refractivity contribution in [2.45, 2.75) is 18.9 Å².